The summed E-state index contributed by atoms with van der Waals surface area (Å²) in [6.45, 7) is 1.82. The molecule has 0 aliphatic heterocycles. The zero-order valence-electron chi connectivity index (χ0n) is 14.6. The van der Waals surface area contributed by atoms with Crippen LogP contribution < -0.4 is 10.2 Å². The van der Waals surface area contributed by atoms with Crippen molar-refractivity contribution in [2.75, 3.05) is 24.3 Å². The fraction of sp³-hybridized carbons (Fsp3) is 0.158. The van der Waals surface area contributed by atoms with Crippen LogP contribution in [0.3, 0.4) is 0 Å². The van der Waals surface area contributed by atoms with E-state index in [2.05, 4.69) is 10.4 Å². The molecule has 26 heavy (non-hydrogen) atoms. The number of rotatable bonds is 4. The van der Waals surface area contributed by atoms with Gasteiger partial charge >= 0.3 is 0 Å². The molecule has 134 valence electrons. The van der Waals surface area contributed by atoms with Gasteiger partial charge in [0, 0.05) is 30.7 Å². The van der Waals surface area contributed by atoms with Crippen molar-refractivity contribution in [1.82, 2.24) is 9.78 Å². The highest BCUT2D eigenvalue weighted by molar-refractivity contribution is 6.30. The first-order valence-corrected chi connectivity index (χ1v) is 8.34. The molecule has 0 spiro atoms. The van der Waals surface area contributed by atoms with Crippen molar-refractivity contribution in [3.05, 3.63) is 70.6 Å². The summed E-state index contributed by atoms with van der Waals surface area (Å²) in [6, 6.07) is 13.3. The van der Waals surface area contributed by atoms with Crippen molar-refractivity contribution in [2.24, 2.45) is 0 Å². The Labute approximate surface area is 156 Å². The van der Waals surface area contributed by atoms with Crippen molar-refractivity contribution >= 4 is 29.0 Å². The second kappa shape index (κ2) is 7.17. The lowest BCUT2D eigenvalue weighted by Crippen LogP contribution is -2.16. The number of amides is 1. The highest BCUT2D eigenvalue weighted by Crippen LogP contribution is 2.22. The normalized spacial score (nSPS) is 10.7. The standard InChI is InChI=1S/C19H18ClFN4O/c1-12-9-18(25(23-12)15-6-4-5-14(20)11-15)22-19(26)13-7-8-17(24(2)3)16(21)10-13/h4-11H,1-3H3,(H,22,26). The van der Waals surface area contributed by atoms with E-state index in [4.69, 9.17) is 11.6 Å². The summed E-state index contributed by atoms with van der Waals surface area (Å²) in [5.41, 5.74) is 2.09. The maximum atomic E-state index is 14.1. The van der Waals surface area contributed by atoms with Crippen LogP contribution >= 0.6 is 11.6 Å². The number of aryl methyl sites for hydroxylation is 1. The third kappa shape index (κ3) is 3.70. The third-order valence-electron chi connectivity index (χ3n) is 3.82. The maximum absolute atomic E-state index is 14.1. The first-order valence-electron chi connectivity index (χ1n) is 7.96. The molecule has 3 aromatic rings. The van der Waals surface area contributed by atoms with Gasteiger partial charge in [0.2, 0.25) is 0 Å². The van der Waals surface area contributed by atoms with Crippen LogP contribution in [0, 0.1) is 12.7 Å². The number of hydrogen-bond donors (Lipinski definition) is 1. The molecule has 0 radical (unpaired) electrons. The summed E-state index contributed by atoms with van der Waals surface area (Å²) in [5.74, 6) is -0.397. The molecular weight excluding hydrogens is 355 g/mol. The molecule has 7 heteroatoms. The van der Waals surface area contributed by atoms with Gasteiger partial charge in [0.15, 0.2) is 0 Å². The largest absolute Gasteiger partial charge is 0.375 e. The minimum Gasteiger partial charge on any atom is -0.375 e. The summed E-state index contributed by atoms with van der Waals surface area (Å²) >= 11 is 6.04. The topological polar surface area (TPSA) is 50.2 Å². The number of nitrogens with one attached hydrogen (secondary N) is 1. The van der Waals surface area contributed by atoms with Crippen molar-refractivity contribution in [3.63, 3.8) is 0 Å². The smallest absolute Gasteiger partial charge is 0.256 e. The Morgan fingerprint density at radius 1 is 1.19 bits per heavy atom. The van der Waals surface area contributed by atoms with Gasteiger partial charge in [-0.15, -0.1) is 0 Å². The molecule has 0 saturated heterocycles. The number of nitrogens with zero attached hydrogens (tertiary/aromatic N) is 3. The van der Waals surface area contributed by atoms with E-state index >= 15 is 0 Å². The Hall–Kier alpha value is -2.86. The van der Waals surface area contributed by atoms with Crippen molar-refractivity contribution in [2.45, 2.75) is 6.92 Å². The molecule has 2 aromatic carbocycles. The Bertz CT molecular complexity index is 968. The number of carbonyl (C=O) groups is 1. The molecule has 0 aliphatic rings. The Morgan fingerprint density at radius 2 is 1.96 bits per heavy atom. The fourth-order valence-corrected chi connectivity index (χ4v) is 2.78. The van der Waals surface area contributed by atoms with Crippen molar-refractivity contribution in [1.29, 1.82) is 0 Å². The van der Waals surface area contributed by atoms with E-state index in [-0.39, 0.29) is 5.56 Å². The summed E-state index contributed by atoms with van der Waals surface area (Å²) in [4.78, 5) is 14.2. The number of hydrogen-bond acceptors (Lipinski definition) is 3. The number of aromatic nitrogens is 2. The third-order valence-corrected chi connectivity index (χ3v) is 4.05. The average Bonchev–Trinajstić information content (AvgIpc) is 2.94. The van der Waals surface area contributed by atoms with E-state index in [9.17, 15) is 9.18 Å². The summed E-state index contributed by atoms with van der Waals surface area (Å²) in [5, 5.41) is 7.73. The SMILES string of the molecule is Cc1cc(NC(=O)c2ccc(N(C)C)c(F)c2)n(-c2cccc(Cl)c2)n1. The van der Waals surface area contributed by atoms with Gasteiger partial charge in [-0.05, 0) is 43.3 Å². The highest BCUT2D eigenvalue weighted by Gasteiger charge is 2.15. The average molecular weight is 373 g/mol. The first-order chi connectivity index (χ1) is 12.3. The van der Waals surface area contributed by atoms with E-state index in [1.165, 1.54) is 6.07 Å². The highest BCUT2D eigenvalue weighted by atomic mass is 35.5. The zero-order chi connectivity index (χ0) is 18.8. The van der Waals surface area contributed by atoms with E-state index in [1.54, 1.807) is 60.1 Å². The van der Waals surface area contributed by atoms with Gasteiger partial charge in [0.05, 0.1) is 17.1 Å². The van der Waals surface area contributed by atoms with Gasteiger partial charge in [-0.3, -0.25) is 4.79 Å². The molecule has 0 aliphatic carbocycles. The van der Waals surface area contributed by atoms with Gasteiger partial charge in [-0.25, -0.2) is 9.07 Å². The zero-order valence-corrected chi connectivity index (χ0v) is 15.4. The van der Waals surface area contributed by atoms with Crippen molar-refractivity contribution < 1.29 is 9.18 Å². The monoisotopic (exact) mass is 372 g/mol. The Kier molecular flexibility index (Phi) is 4.95. The van der Waals surface area contributed by atoms with Crippen LogP contribution in [0.1, 0.15) is 16.1 Å². The number of halogens is 2. The van der Waals surface area contributed by atoms with Crippen LogP contribution in [0.2, 0.25) is 5.02 Å². The minimum absolute atomic E-state index is 0.226. The molecule has 1 aromatic heterocycles. The molecule has 5 nitrogen and oxygen atoms in total. The molecule has 1 amide bonds. The predicted molar refractivity (Wildman–Crippen MR) is 102 cm³/mol. The molecule has 0 fully saturated rings. The molecule has 0 unspecified atom stereocenters. The summed E-state index contributed by atoms with van der Waals surface area (Å²) in [6.07, 6.45) is 0. The van der Waals surface area contributed by atoms with E-state index in [0.717, 1.165) is 11.4 Å². The van der Waals surface area contributed by atoms with Gasteiger partial charge in [0.25, 0.3) is 5.91 Å². The second-order valence-electron chi connectivity index (χ2n) is 6.08. The maximum Gasteiger partial charge on any atom is 0.256 e. The predicted octanol–water partition coefficient (Wildman–Crippen LogP) is 4.29. The molecule has 1 heterocycles. The Balaban J connectivity index is 1.90. The Morgan fingerprint density at radius 3 is 2.62 bits per heavy atom. The van der Waals surface area contributed by atoms with E-state index in [1.807, 2.05) is 13.0 Å². The van der Waals surface area contributed by atoms with Crippen LogP contribution in [-0.4, -0.2) is 29.8 Å². The molecule has 0 atom stereocenters. The van der Waals surface area contributed by atoms with Gasteiger partial charge in [0.1, 0.15) is 11.6 Å². The fourth-order valence-electron chi connectivity index (χ4n) is 2.59. The minimum atomic E-state index is -0.456. The molecule has 0 bridgehead atoms. The van der Waals surface area contributed by atoms with E-state index < -0.39 is 11.7 Å². The lowest BCUT2D eigenvalue weighted by molar-refractivity contribution is 0.102. The number of benzene rings is 2. The van der Waals surface area contributed by atoms with Gasteiger partial charge in [-0.2, -0.15) is 5.10 Å². The molecule has 0 saturated carbocycles. The lowest BCUT2D eigenvalue weighted by atomic mass is 10.1. The molecule has 3 rings (SSSR count). The van der Waals surface area contributed by atoms with E-state index in [0.29, 0.717) is 16.5 Å². The number of anilines is 2. The molecular formula is C19H18ClFN4O. The van der Waals surface area contributed by atoms with Crippen LogP contribution in [0.15, 0.2) is 48.5 Å². The second-order valence-corrected chi connectivity index (χ2v) is 6.51. The summed E-state index contributed by atoms with van der Waals surface area (Å²) in [7, 11) is 3.48. The van der Waals surface area contributed by atoms with Crippen LogP contribution in [0.4, 0.5) is 15.9 Å². The van der Waals surface area contributed by atoms with Crippen LogP contribution in [0.5, 0.6) is 0 Å². The number of carbonyl (C=O) groups excluding carboxylic acids is 1. The van der Waals surface area contributed by atoms with Crippen molar-refractivity contribution in [3.8, 4) is 5.69 Å². The van der Waals surface area contributed by atoms with Crippen LogP contribution in [-0.2, 0) is 0 Å². The lowest BCUT2D eigenvalue weighted by Gasteiger charge is -2.14. The summed E-state index contributed by atoms with van der Waals surface area (Å²) < 4.78 is 15.7. The molecule has 1 N–H and O–H groups in total. The quantitative estimate of drug-likeness (QED) is 0.743. The van der Waals surface area contributed by atoms with Gasteiger partial charge in [-0.1, -0.05) is 17.7 Å². The van der Waals surface area contributed by atoms with Crippen LogP contribution in [0.25, 0.3) is 5.69 Å². The van der Waals surface area contributed by atoms with Gasteiger partial charge < -0.3 is 10.2 Å². The first kappa shape index (κ1) is 17.9.